The van der Waals surface area contributed by atoms with E-state index in [0.29, 0.717) is 11.3 Å². The van der Waals surface area contributed by atoms with E-state index in [4.69, 9.17) is 0 Å². The molecule has 23 heavy (non-hydrogen) atoms. The highest BCUT2D eigenvalue weighted by Crippen LogP contribution is 2.23. The van der Waals surface area contributed by atoms with E-state index < -0.39 is 9.84 Å². The zero-order valence-corrected chi connectivity index (χ0v) is 13.2. The molecule has 1 N–H and O–H groups in total. The van der Waals surface area contributed by atoms with Gasteiger partial charge in [0.25, 0.3) is 5.91 Å². The Hall–Kier alpha value is -2.73. The zero-order valence-electron chi connectivity index (χ0n) is 12.4. The van der Waals surface area contributed by atoms with E-state index in [1.54, 1.807) is 30.6 Å². The molecule has 0 fully saturated rings. The average Bonchev–Trinajstić information content (AvgIpc) is 2.54. The number of benzene rings is 2. The molecule has 0 unspecified atom stereocenters. The summed E-state index contributed by atoms with van der Waals surface area (Å²) in [5, 5.41) is 4.60. The third-order valence-electron chi connectivity index (χ3n) is 3.45. The summed E-state index contributed by atoms with van der Waals surface area (Å²) >= 11 is 0. The second kappa shape index (κ2) is 5.81. The lowest BCUT2D eigenvalue weighted by Gasteiger charge is -2.09. The van der Waals surface area contributed by atoms with E-state index in [-0.39, 0.29) is 10.8 Å². The maximum atomic E-state index is 12.4. The molecule has 0 saturated carbocycles. The molecule has 1 amide bonds. The summed E-state index contributed by atoms with van der Waals surface area (Å²) in [6.45, 7) is 0. The third kappa shape index (κ3) is 3.22. The molecule has 3 rings (SSSR count). The lowest BCUT2D eigenvalue weighted by Crippen LogP contribution is -2.13. The van der Waals surface area contributed by atoms with Gasteiger partial charge in [0.05, 0.1) is 4.90 Å². The number of carbonyl (C=O) groups excluding carboxylic acids is 1. The molecule has 0 aliphatic carbocycles. The molecule has 1 aromatic heterocycles. The number of hydrogen-bond donors (Lipinski definition) is 1. The van der Waals surface area contributed by atoms with Gasteiger partial charge < -0.3 is 5.32 Å². The number of pyridine rings is 1. The van der Waals surface area contributed by atoms with Gasteiger partial charge in [-0.05, 0) is 30.3 Å². The Labute approximate surface area is 133 Å². The van der Waals surface area contributed by atoms with E-state index in [1.165, 1.54) is 12.1 Å². The number of nitrogens with zero attached hydrogens (tertiary/aromatic N) is 1. The molecule has 0 aliphatic rings. The molecule has 0 aliphatic heterocycles. The average molecular weight is 326 g/mol. The number of rotatable bonds is 3. The van der Waals surface area contributed by atoms with Gasteiger partial charge in [-0.1, -0.05) is 18.2 Å². The van der Waals surface area contributed by atoms with Crippen molar-refractivity contribution in [1.29, 1.82) is 0 Å². The number of fused-ring (bicyclic) bond motifs is 1. The van der Waals surface area contributed by atoms with Gasteiger partial charge >= 0.3 is 0 Å². The number of anilines is 1. The Morgan fingerprint density at radius 1 is 1.09 bits per heavy atom. The van der Waals surface area contributed by atoms with Crippen LogP contribution in [-0.4, -0.2) is 25.6 Å². The Kier molecular flexibility index (Phi) is 3.83. The van der Waals surface area contributed by atoms with Gasteiger partial charge in [-0.25, -0.2) is 8.42 Å². The standard InChI is InChI=1S/C17H14N2O3S/c1-23(21,22)14-6-2-4-12(10-14)17(20)19-16-7-3-5-13-11-18-9-8-15(13)16/h2-11H,1H3,(H,19,20). The van der Waals surface area contributed by atoms with Crippen LogP contribution >= 0.6 is 0 Å². The number of hydrogen-bond acceptors (Lipinski definition) is 4. The highest BCUT2D eigenvalue weighted by atomic mass is 32.2. The molecule has 6 heteroatoms. The van der Waals surface area contributed by atoms with E-state index in [1.807, 2.05) is 18.2 Å². The van der Waals surface area contributed by atoms with Gasteiger partial charge in [-0.15, -0.1) is 0 Å². The van der Waals surface area contributed by atoms with Gasteiger partial charge in [0.15, 0.2) is 9.84 Å². The predicted molar refractivity (Wildman–Crippen MR) is 89.2 cm³/mol. The summed E-state index contributed by atoms with van der Waals surface area (Å²) in [6.07, 6.45) is 4.49. The molecule has 116 valence electrons. The minimum absolute atomic E-state index is 0.118. The first-order valence-electron chi connectivity index (χ1n) is 6.89. The fourth-order valence-electron chi connectivity index (χ4n) is 2.29. The minimum Gasteiger partial charge on any atom is -0.321 e. The highest BCUT2D eigenvalue weighted by Gasteiger charge is 2.12. The van der Waals surface area contributed by atoms with Crippen LogP contribution in [0.1, 0.15) is 10.4 Å². The monoisotopic (exact) mass is 326 g/mol. The van der Waals surface area contributed by atoms with Crippen LogP contribution in [-0.2, 0) is 9.84 Å². The second-order valence-corrected chi connectivity index (χ2v) is 7.17. The van der Waals surface area contributed by atoms with E-state index in [2.05, 4.69) is 10.3 Å². The van der Waals surface area contributed by atoms with Crippen LogP contribution in [0.5, 0.6) is 0 Å². The van der Waals surface area contributed by atoms with Crippen molar-refractivity contribution in [2.75, 3.05) is 11.6 Å². The van der Waals surface area contributed by atoms with E-state index >= 15 is 0 Å². The van der Waals surface area contributed by atoms with Crippen molar-refractivity contribution < 1.29 is 13.2 Å². The number of aromatic nitrogens is 1. The number of sulfone groups is 1. The van der Waals surface area contributed by atoms with Crippen LogP contribution in [0.2, 0.25) is 0 Å². The molecule has 0 spiro atoms. The van der Waals surface area contributed by atoms with Crippen LogP contribution in [0.15, 0.2) is 65.8 Å². The number of nitrogens with one attached hydrogen (secondary N) is 1. The quantitative estimate of drug-likeness (QED) is 0.803. The van der Waals surface area contributed by atoms with Crippen LogP contribution in [0, 0.1) is 0 Å². The van der Waals surface area contributed by atoms with Crippen molar-refractivity contribution in [2.45, 2.75) is 4.90 Å². The molecule has 0 atom stereocenters. The molecular weight excluding hydrogens is 312 g/mol. The molecule has 1 heterocycles. The van der Waals surface area contributed by atoms with Crippen molar-refractivity contribution in [1.82, 2.24) is 4.98 Å². The summed E-state index contributed by atoms with van der Waals surface area (Å²) in [5.74, 6) is -0.361. The number of carbonyl (C=O) groups is 1. The van der Waals surface area contributed by atoms with Crippen molar-refractivity contribution in [3.63, 3.8) is 0 Å². The Bertz CT molecular complexity index is 992. The van der Waals surface area contributed by atoms with Gasteiger partial charge in [0.1, 0.15) is 0 Å². The zero-order chi connectivity index (χ0) is 16.4. The van der Waals surface area contributed by atoms with Gasteiger partial charge in [-0.2, -0.15) is 0 Å². The molecule has 0 bridgehead atoms. The van der Waals surface area contributed by atoms with E-state index in [0.717, 1.165) is 17.0 Å². The Morgan fingerprint density at radius 2 is 1.87 bits per heavy atom. The van der Waals surface area contributed by atoms with Crippen molar-refractivity contribution >= 4 is 32.2 Å². The largest absolute Gasteiger partial charge is 0.321 e. The first-order chi connectivity index (χ1) is 10.9. The van der Waals surface area contributed by atoms with Crippen LogP contribution < -0.4 is 5.32 Å². The van der Waals surface area contributed by atoms with Crippen molar-refractivity contribution in [2.24, 2.45) is 0 Å². The second-order valence-electron chi connectivity index (χ2n) is 5.16. The smallest absolute Gasteiger partial charge is 0.255 e. The molecule has 3 aromatic rings. The first-order valence-corrected chi connectivity index (χ1v) is 8.78. The van der Waals surface area contributed by atoms with Gasteiger partial charge in [0, 0.05) is 40.7 Å². The maximum Gasteiger partial charge on any atom is 0.255 e. The molecular formula is C17H14N2O3S. The number of amides is 1. The summed E-state index contributed by atoms with van der Waals surface area (Å²) < 4.78 is 23.2. The summed E-state index contributed by atoms with van der Waals surface area (Å²) in [6, 6.07) is 13.3. The Balaban J connectivity index is 1.96. The van der Waals surface area contributed by atoms with Crippen molar-refractivity contribution in [3.8, 4) is 0 Å². The minimum atomic E-state index is -3.35. The summed E-state index contributed by atoms with van der Waals surface area (Å²) in [4.78, 5) is 16.6. The summed E-state index contributed by atoms with van der Waals surface area (Å²) in [5.41, 5.74) is 0.943. The first kappa shape index (κ1) is 15.2. The lowest BCUT2D eigenvalue weighted by molar-refractivity contribution is 0.102. The van der Waals surface area contributed by atoms with Crippen LogP contribution in [0.3, 0.4) is 0 Å². The van der Waals surface area contributed by atoms with Gasteiger partial charge in [-0.3, -0.25) is 9.78 Å². The van der Waals surface area contributed by atoms with E-state index in [9.17, 15) is 13.2 Å². The molecule has 2 aromatic carbocycles. The highest BCUT2D eigenvalue weighted by molar-refractivity contribution is 7.90. The normalized spacial score (nSPS) is 11.3. The summed E-state index contributed by atoms with van der Waals surface area (Å²) in [7, 11) is -3.35. The Morgan fingerprint density at radius 3 is 2.65 bits per heavy atom. The fraction of sp³-hybridized carbons (Fsp3) is 0.0588. The van der Waals surface area contributed by atoms with Gasteiger partial charge in [0.2, 0.25) is 0 Å². The lowest BCUT2D eigenvalue weighted by atomic mass is 10.1. The molecule has 0 saturated heterocycles. The predicted octanol–water partition coefficient (Wildman–Crippen LogP) is 2.89. The fourth-order valence-corrected chi connectivity index (χ4v) is 2.96. The van der Waals surface area contributed by atoms with Crippen LogP contribution in [0.4, 0.5) is 5.69 Å². The molecule has 0 radical (unpaired) electrons. The third-order valence-corrected chi connectivity index (χ3v) is 4.56. The van der Waals surface area contributed by atoms with Crippen molar-refractivity contribution in [3.05, 3.63) is 66.5 Å². The molecule has 5 nitrogen and oxygen atoms in total. The SMILES string of the molecule is CS(=O)(=O)c1cccc(C(=O)Nc2cccc3cnccc23)c1. The topological polar surface area (TPSA) is 76.1 Å². The maximum absolute atomic E-state index is 12.4. The van der Waals surface area contributed by atoms with Crippen LogP contribution in [0.25, 0.3) is 10.8 Å².